The number of nitrogens with zero attached hydrogens (tertiary/aromatic N) is 5. The summed E-state index contributed by atoms with van der Waals surface area (Å²) in [5, 5.41) is 2.74. The quantitative estimate of drug-likeness (QED) is 0.0816. The van der Waals surface area contributed by atoms with Crippen LogP contribution < -0.4 is 10.1 Å². The summed E-state index contributed by atoms with van der Waals surface area (Å²) >= 11 is 0. The fourth-order valence-electron chi connectivity index (χ4n) is 8.28. The van der Waals surface area contributed by atoms with Gasteiger partial charge in [-0.25, -0.2) is 23.5 Å². The number of aryl methyl sites for hydroxylation is 1. The zero-order valence-corrected chi connectivity index (χ0v) is 38.1. The first-order chi connectivity index (χ1) is 31.6. The predicted octanol–water partition coefficient (Wildman–Crippen LogP) is 9.09. The SMILES string of the molecule is CCOC(=O)NCCCCC#Cc1cccc(C(OC2CCN(C)CC2)c2nc3ccccc3n2C)c1.COc1ccc(F)c(C(OC2CCN(C)CC2)c2nc3ccccc3[nH]2)c1F. The van der Waals surface area contributed by atoms with E-state index in [4.69, 9.17) is 23.9 Å². The Balaban J connectivity index is 0.000000201. The Morgan fingerprint density at radius 3 is 2.18 bits per heavy atom. The number of amides is 1. The van der Waals surface area contributed by atoms with E-state index in [1.165, 1.54) is 19.2 Å². The number of hydrogen-bond acceptors (Lipinski definition) is 9. The van der Waals surface area contributed by atoms with Crippen molar-refractivity contribution < 1.29 is 32.5 Å². The van der Waals surface area contributed by atoms with Crippen LogP contribution >= 0.6 is 0 Å². The van der Waals surface area contributed by atoms with Crippen LogP contribution in [-0.2, 0) is 21.3 Å². The maximum absolute atomic E-state index is 15.0. The van der Waals surface area contributed by atoms with Crippen molar-refractivity contribution in [2.75, 3.05) is 60.5 Å². The van der Waals surface area contributed by atoms with Crippen LogP contribution in [0.5, 0.6) is 5.75 Å². The number of halogens is 2. The molecule has 2 atom stereocenters. The molecule has 344 valence electrons. The number of piperidine rings is 2. The molecule has 0 spiro atoms. The lowest BCUT2D eigenvalue weighted by Gasteiger charge is -2.32. The first-order valence-corrected chi connectivity index (χ1v) is 22.7. The average Bonchev–Trinajstić information content (AvgIpc) is 3.90. The number of aromatic amines is 1. The third kappa shape index (κ3) is 12.3. The van der Waals surface area contributed by atoms with Crippen LogP contribution in [0.1, 0.15) is 92.4 Å². The minimum absolute atomic E-state index is 0.0236. The maximum atomic E-state index is 15.0. The summed E-state index contributed by atoms with van der Waals surface area (Å²) < 4.78 is 54.9. The molecule has 2 fully saturated rings. The molecule has 0 saturated carbocycles. The normalized spacial score (nSPS) is 16.0. The monoisotopic (exact) mass is 889 g/mol. The Bertz CT molecular complexity index is 2520. The van der Waals surface area contributed by atoms with Gasteiger partial charge in [-0.3, -0.25) is 0 Å². The van der Waals surface area contributed by atoms with E-state index < -0.39 is 17.7 Å². The van der Waals surface area contributed by atoms with Gasteiger partial charge in [0.1, 0.15) is 29.7 Å². The fourth-order valence-corrected chi connectivity index (χ4v) is 8.28. The molecule has 4 heterocycles. The summed E-state index contributed by atoms with van der Waals surface area (Å²) in [6.45, 7) is 6.62. The van der Waals surface area contributed by atoms with E-state index in [0.717, 1.165) is 110 Å². The highest BCUT2D eigenvalue weighted by atomic mass is 19.1. The van der Waals surface area contributed by atoms with Crippen LogP contribution in [0.4, 0.5) is 13.6 Å². The molecular formula is C51H61F2N7O5. The number of alkyl carbamates (subject to hydrolysis) is 1. The van der Waals surface area contributed by atoms with Crippen molar-refractivity contribution in [3.05, 3.63) is 125 Å². The molecule has 2 unspecified atom stereocenters. The van der Waals surface area contributed by atoms with E-state index in [0.29, 0.717) is 19.0 Å². The number of fused-ring (bicyclic) bond motifs is 2. The lowest BCUT2D eigenvalue weighted by Crippen LogP contribution is -2.35. The second-order valence-electron chi connectivity index (χ2n) is 16.7. The van der Waals surface area contributed by atoms with Gasteiger partial charge in [-0.15, -0.1) is 0 Å². The largest absolute Gasteiger partial charge is 0.494 e. The summed E-state index contributed by atoms with van der Waals surface area (Å²) in [6.07, 6.45) is 4.64. The maximum Gasteiger partial charge on any atom is 0.407 e. The third-order valence-corrected chi connectivity index (χ3v) is 12.0. The second-order valence-corrected chi connectivity index (χ2v) is 16.7. The van der Waals surface area contributed by atoms with Gasteiger partial charge < -0.3 is 43.6 Å². The highest BCUT2D eigenvalue weighted by Crippen LogP contribution is 2.36. The van der Waals surface area contributed by atoms with Gasteiger partial charge in [0.05, 0.1) is 53.6 Å². The Morgan fingerprint density at radius 1 is 0.831 bits per heavy atom. The highest BCUT2D eigenvalue weighted by molar-refractivity contribution is 5.76. The molecule has 2 aliphatic heterocycles. The second kappa shape index (κ2) is 22.9. The molecule has 4 aromatic carbocycles. The number of hydrogen-bond donors (Lipinski definition) is 2. The number of aromatic nitrogens is 4. The van der Waals surface area contributed by atoms with Crippen LogP contribution in [0.2, 0.25) is 0 Å². The smallest absolute Gasteiger partial charge is 0.407 e. The van der Waals surface area contributed by atoms with Crippen LogP contribution in [0.3, 0.4) is 0 Å². The number of H-pyrrole nitrogens is 1. The lowest BCUT2D eigenvalue weighted by atomic mass is 10.0. The van der Waals surface area contributed by atoms with E-state index >= 15 is 4.39 Å². The number of rotatable bonds is 14. The molecule has 8 rings (SSSR count). The van der Waals surface area contributed by atoms with E-state index in [9.17, 15) is 9.18 Å². The first kappa shape index (κ1) is 47.1. The first-order valence-electron chi connectivity index (χ1n) is 22.7. The van der Waals surface area contributed by atoms with Crippen molar-refractivity contribution in [2.24, 2.45) is 7.05 Å². The standard InChI is InChI=1S/C30H38N4O3.C21H23F2N3O2/c1-4-36-30(35)31-19-10-6-5-7-12-23-13-11-14-24(22-23)28(37-25-17-20-33(2)21-18-25)29-32-26-15-8-9-16-27(26)34(29)3;1-26-11-9-13(10-12-26)28-20(18-14(22)7-8-17(27-2)19(18)23)21-24-15-5-3-4-6-16(15)25-21/h8-9,11,13-16,22,25,28H,4-6,10,17-21H2,1-3H3,(H,31,35);3-8,13,20H,9-12H2,1-2H3,(H,24,25). The van der Waals surface area contributed by atoms with Gasteiger partial charge in [0, 0.05) is 51.8 Å². The number of carbonyl (C=O) groups excluding carboxylic acids is 1. The molecule has 1 amide bonds. The average molecular weight is 890 g/mol. The van der Waals surface area contributed by atoms with E-state index in [-0.39, 0.29) is 35.7 Å². The third-order valence-electron chi connectivity index (χ3n) is 12.0. The molecule has 2 N–H and O–H groups in total. The number of para-hydroxylation sites is 4. The van der Waals surface area contributed by atoms with Crippen LogP contribution in [0.25, 0.3) is 22.1 Å². The molecule has 0 radical (unpaired) electrons. The Morgan fingerprint density at radius 2 is 1.51 bits per heavy atom. The predicted molar refractivity (Wildman–Crippen MR) is 249 cm³/mol. The van der Waals surface area contributed by atoms with Crippen molar-refractivity contribution in [3.8, 4) is 17.6 Å². The van der Waals surface area contributed by atoms with Crippen molar-refractivity contribution in [3.63, 3.8) is 0 Å². The van der Waals surface area contributed by atoms with Crippen LogP contribution in [0, 0.1) is 23.5 Å². The summed E-state index contributed by atoms with van der Waals surface area (Å²) in [5.41, 5.74) is 5.45. The molecule has 12 nitrogen and oxygen atoms in total. The van der Waals surface area contributed by atoms with E-state index in [1.807, 2.05) is 49.5 Å². The number of benzene rings is 4. The number of methoxy groups -OCH3 is 1. The Hall–Kier alpha value is -5.85. The molecular weight excluding hydrogens is 829 g/mol. The van der Waals surface area contributed by atoms with Gasteiger partial charge in [0.15, 0.2) is 11.6 Å². The molecule has 65 heavy (non-hydrogen) atoms. The number of ether oxygens (including phenoxy) is 4. The zero-order chi connectivity index (χ0) is 45.7. The summed E-state index contributed by atoms with van der Waals surface area (Å²) in [7, 11) is 7.64. The van der Waals surface area contributed by atoms with Crippen molar-refractivity contribution in [1.29, 1.82) is 0 Å². The molecule has 6 aromatic rings. The number of nitrogens with one attached hydrogen (secondary N) is 2. The van der Waals surface area contributed by atoms with Gasteiger partial charge in [-0.2, -0.15) is 0 Å². The molecule has 2 aliphatic rings. The lowest BCUT2D eigenvalue weighted by molar-refractivity contribution is -0.0291. The topological polar surface area (TPSA) is 119 Å². The summed E-state index contributed by atoms with van der Waals surface area (Å²) in [5.74, 6) is 6.42. The number of imidazole rings is 2. The van der Waals surface area contributed by atoms with E-state index in [1.54, 1.807) is 6.92 Å². The van der Waals surface area contributed by atoms with Crippen LogP contribution in [0.15, 0.2) is 84.9 Å². The number of carbonyl (C=O) groups is 1. The van der Waals surface area contributed by atoms with Gasteiger partial charge >= 0.3 is 6.09 Å². The molecule has 2 saturated heterocycles. The van der Waals surface area contributed by atoms with Crippen LogP contribution in [-0.4, -0.2) is 108 Å². The van der Waals surface area contributed by atoms with Gasteiger partial charge in [-0.05, 0) is 114 Å². The number of likely N-dealkylation sites (tertiary alicyclic amines) is 2. The van der Waals surface area contributed by atoms with Gasteiger partial charge in [0.25, 0.3) is 0 Å². The fraction of sp³-hybridized carbons (Fsp3) is 0.431. The zero-order valence-electron chi connectivity index (χ0n) is 38.1. The molecule has 0 aliphatic carbocycles. The Labute approximate surface area is 380 Å². The van der Waals surface area contributed by atoms with Crippen molar-refractivity contribution in [2.45, 2.75) is 76.3 Å². The van der Waals surface area contributed by atoms with Gasteiger partial charge in [-0.1, -0.05) is 48.2 Å². The summed E-state index contributed by atoms with van der Waals surface area (Å²) in [4.78, 5) is 28.6. The molecule has 0 bridgehead atoms. The molecule has 2 aromatic heterocycles. The highest BCUT2D eigenvalue weighted by Gasteiger charge is 2.32. The van der Waals surface area contributed by atoms with Crippen molar-refractivity contribution >= 4 is 28.2 Å². The Kier molecular flexibility index (Phi) is 16.6. The minimum atomic E-state index is -0.990. The van der Waals surface area contributed by atoms with Gasteiger partial charge in [0.2, 0.25) is 0 Å². The minimum Gasteiger partial charge on any atom is -0.494 e. The van der Waals surface area contributed by atoms with Crippen molar-refractivity contribution in [1.82, 2.24) is 34.6 Å². The summed E-state index contributed by atoms with van der Waals surface area (Å²) in [6, 6.07) is 26.5. The van der Waals surface area contributed by atoms with E-state index in [2.05, 4.69) is 85.9 Å². The molecule has 14 heteroatoms. The number of unbranched alkanes of at least 4 members (excludes halogenated alkanes) is 2.